The molecule has 1 heterocycles. The lowest BCUT2D eigenvalue weighted by Gasteiger charge is -2.08. The van der Waals surface area contributed by atoms with Gasteiger partial charge < -0.3 is 15.7 Å². The molecule has 0 saturated heterocycles. The van der Waals surface area contributed by atoms with Crippen molar-refractivity contribution in [3.05, 3.63) is 17.5 Å². The second-order valence-corrected chi connectivity index (χ2v) is 4.08. The van der Waals surface area contributed by atoms with E-state index in [4.69, 9.17) is 5.11 Å². The number of hydrogen-bond donors (Lipinski definition) is 3. The van der Waals surface area contributed by atoms with Crippen LogP contribution in [-0.4, -0.2) is 46.5 Å². The topological polar surface area (TPSA) is 79.2 Å². The molecule has 1 aromatic rings. The van der Waals surface area contributed by atoms with E-state index < -0.39 is 0 Å². The molecule has 17 heavy (non-hydrogen) atoms. The number of nitrogens with zero attached hydrogens (tertiary/aromatic N) is 2. The Bertz CT molecular complexity index is 374. The zero-order valence-corrected chi connectivity index (χ0v) is 10.5. The summed E-state index contributed by atoms with van der Waals surface area (Å²) >= 11 is 0. The summed E-state index contributed by atoms with van der Waals surface area (Å²) in [5.74, 6) is -0.116. The maximum atomic E-state index is 11.7. The highest BCUT2D eigenvalue weighted by atomic mass is 16.3. The van der Waals surface area contributed by atoms with Crippen LogP contribution in [0.15, 0.2) is 6.20 Å². The van der Waals surface area contributed by atoms with Crippen LogP contribution < -0.4 is 10.6 Å². The van der Waals surface area contributed by atoms with E-state index >= 15 is 0 Å². The largest absolute Gasteiger partial charge is 0.392 e. The first kappa shape index (κ1) is 13.7. The highest BCUT2D eigenvalue weighted by Gasteiger charge is 2.11. The van der Waals surface area contributed by atoms with E-state index in [9.17, 15) is 4.79 Å². The summed E-state index contributed by atoms with van der Waals surface area (Å²) in [5.41, 5.74) is 1.45. The van der Waals surface area contributed by atoms with Crippen LogP contribution in [0.4, 0.5) is 0 Å². The zero-order valence-electron chi connectivity index (χ0n) is 10.5. The maximum absolute atomic E-state index is 11.7. The number of carbonyl (C=O) groups is 1. The molecular weight excluding hydrogens is 220 g/mol. The molecule has 0 aliphatic heterocycles. The minimum Gasteiger partial charge on any atom is -0.392 e. The van der Waals surface area contributed by atoms with Gasteiger partial charge in [0.15, 0.2) is 0 Å². The lowest BCUT2D eigenvalue weighted by atomic mass is 10.2. The molecule has 6 nitrogen and oxygen atoms in total. The van der Waals surface area contributed by atoms with Gasteiger partial charge in [-0.2, -0.15) is 5.10 Å². The normalized spacial score (nSPS) is 12.5. The number of nitrogens with one attached hydrogen (secondary N) is 2. The Kier molecular flexibility index (Phi) is 5.11. The maximum Gasteiger partial charge on any atom is 0.254 e. The van der Waals surface area contributed by atoms with Crippen molar-refractivity contribution in [1.29, 1.82) is 0 Å². The molecule has 1 unspecified atom stereocenters. The van der Waals surface area contributed by atoms with Gasteiger partial charge >= 0.3 is 0 Å². The molecular formula is C11H20N4O2. The first-order chi connectivity index (χ1) is 8.02. The van der Waals surface area contributed by atoms with Crippen molar-refractivity contribution in [3.8, 4) is 0 Å². The number of aryl methyl sites for hydroxylation is 1. The SMILES string of the molecule is Cc1c(C(=O)NCCNCC(C)O)cnn1C. The second-order valence-electron chi connectivity index (χ2n) is 4.08. The predicted octanol–water partition coefficient (Wildman–Crippen LogP) is -0.571. The molecule has 0 aliphatic carbocycles. The van der Waals surface area contributed by atoms with Crippen molar-refractivity contribution in [1.82, 2.24) is 20.4 Å². The smallest absolute Gasteiger partial charge is 0.254 e. The number of rotatable bonds is 6. The number of carbonyl (C=O) groups excluding carboxylic acids is 1. The Morgan fingerprint density at radius 2 is 2.29 bits per heavy atom. The van der Waals surface area contributed by atoms with E-state index in [2.05, 4.69) is 15.7 Å². The van der Waals surface area contributed by atoms with E-state index in [1.165, 1.54) is 0 Å². The molecule has 0 saturated carbocycles. The minimum atomic E-state index is -0.369. The van der Waals surface area contributed by atoms with Gasteiger partial charge in [0.1, 0.15) is 0 Å². The van der Waals surface area contributed by atoms with Crippen LogP contribution in [0.5, 0.6) is 0 Å². The van der Waals surface area contributed by atoms with Gasteiger partial charge in [0.05, 0.1) is 17.9 Å². The molecule has 0 aliphatic rings. The van der Waals surface area contributed by atoms with E-state index in [1.54, 1.807) is 24.9 Å². The van der Waals surface area contributed by atoms with E-state index in [0.717, 1.165) is 5.69 Å². The van der Waals surface area contributed by atoms with Gasteiger partial charge in [-0.25, -0.2) is 0 Å². The average molecular weight is 240 g/mol. The second kappa shape index (κ2) is 6.36. The summed E-state index contributed by atoms with van der Waals surface area (Å²) in [7, 11) is 1.80. The number of hydrogen-bond acceptors (Lipinski definition) is 4. The lowest BCUT2D eigenvalue weighted by Crippen LogP contribution is -2.34. The van der Waals surface area contributed by atoms with E-state index in [1.807, 2.05) is 6.92 Å². The quantitative estimate of drug-likeness (QED) is 0.582. The Hall–Kier alpha value is -1.40. The predicted molar refractivity (Wildman–Crippen MR) is 64.8 cm³/mol. The standard InChI is InChI=1S/C11H20N4O2/c1-8(16)6-12-4-5-13-11(17)10-7-14-15(3)9(10)2/h7-8,12,16H,4-6H2,1-3H3,(H,13,17). The molecule has 0 bridgehead atoms. The fourth-order valence-corrected chi connectivity index (χ4v) is 1.39. The Morgan fingerprint density at radius 1 is 1.59 bits per heavy atom. The molecule has 96 valence electrons. The van der Waals surface area contributed by atoms with Crippen LogP contribution in [0.1, 0.15) is 23.0 Å². The molecule has 0 spiro atoms. The van der Waals surface area contributed by atoms with Gasteiger partial charge in [-0.1, -0.05) is 0 Å². The highest BCUT2D eigenvalue weighted by molar-refractivity contribution is 5.94. The third-order valence-electron chi connectivity index (χ3n) is 2.51. The molecule has 1 amide bonds. The summed E-state index contributed by atoms with van der Waals surface area (Å²) in [6.45, 7) is 5.26. The number of aromatic nitrogens is 2. The van der Waals surface area contributed by atoms with Gasteiger partial charge in [0.25, 0.3) is 5.91 Å². The molecule has 1 aromatic heterocycles. The lowest BCUT2D eigenvalue weighted by molar-refractivity contribution is 0.0953. The van der Waals surface area contributed by atoms with Crippen LogP contribution in [0.2, 0.25) is 0 Å². The van der Waals surface area contributed by atoms with Crippen molar-refractivity contribution in [3.63, 3.8) is 0 Å². The van der Waals surface area contributed by atoms with Crippen LogP contribution in [-0.2, 0) is 7.05 Å². The summed E-state index contributed by atoms with van der Waals surface area (Å²) in [6.07, 6.45) is 1.19. The monoisotopic (exact) mass is 240 g/mol. The molecule has 1 rings (SSSR count). The van der Waals surface area contributed by atoms with E-state index in [0.29, 0.717) is 25.2 Å². The number of aliphatic hydroxyl groups is 1. The summed E-state index contributed by atoms with van der Waals surface area (Å²) in [6, 6.07) is 0. The first-order valence-corrected chi connectivity index (χ1v) is 5.68. The summed E-state index contributed by atoms with van der Waals surface area (Å²) < 4.78 is 1.67. The molecule has 6 heteroatoms. The third kappa shape index (κ3) is 4.16. The fourth-order valence-electron chi connectivity index (χ4n) is 1.39. The molecule has 3 N–H and O–H groups in total. The van der Waals surface area contributed by atoms with Crippen LogP contribution in [0.25, 0.3) is 0 Å². The van der Waals surface area contributed by atoms with Crippen molar-refractivity contribution in [2.24, 2.45) is 7.05 Å². The molecule has 0 radical (unpaired) electrons. The fraction of sp³-hybridized carbons (Fsp3) is 0.636. The minimum absolute atomic E-state index is 0.116. The van der Waals surface area contributed by atoms with Gasteiger partial charge in [-0.05, 0) is 13.8 Å². The third-order valence-corrected chi connectivity index (χ3v) is 2.51. The van der Waals surface area contributed by atoms with Gasteiger partial charge in [0.2, 0.25) is 0 Å². The summed E-state index contributed by atoms with van der Waals surface area (Å²) in [5, 5.41) is 18.8. The summed E-state index contributed by atoms with van der Waals surface area (Å²) in [4.78, 5) is 11.7. The van der Waals surface area contributed by atoms with Gasteiger partial charge in [0, 0.05) is 32.4 Å². The Balaban J connectivity index is 2.28. The molecule has 0 fully saturated rings. The zero-order chi connectivity index (χ0) is 12.8. The van der Waals surface area contributed by atoms with Gasteiger partial charge in [-0.3, -0.25) is 9.48 Å². The number of aliphatic hydroxyl groups excluding tert-OH is 1. The van der Waals surface area contributed by atoms with E-state index in [-0.39, 0.29) is 12.0 Å². The number of amides is 1. The first-order valence-electron chi connectivity index (χ1n) is 5.68. The van der Waals surface area contributed by atoms with Crippen LogP contribution >= 0.6 is 0 Å². The van der Waals surface area contributed by atoms with Crippen LogP contribution in [0.3, 0.4) is 0 Å². The molecule has 0 aromatic carbocycles. The Labute approximate surface area is 101 Å². The highest BCUT2D eigenvalue weighted by Crippen LogP contribution is 2.04. The van der Waals surface area contributed by atoms with Crippen molar-refractivity contribution in [2.75, 3.05) is 19.6 Å². The average Bonchev–Trinajstić information content (AvgIpc) is 2.59. The van der Waals surface area contributed by atoms with Crippen LogP contribution in [0, 0.1) is 6.92 Å². The molecule has 1 atom stereocenters. The van der Waals surface area contributed by atoms with Gasteiger partial charge in [-0.15, -0.1) is 0 Å². The van der Waals surface area contributed by atoms with Crippen molar-refractivity contribution >= 4 is 5.91 Å². The van der Waals surface area contributed by atoms with Crippen molar-refractivity contribution < 1.29 is 9.90 Å². The Morgan fingerprint density at radius 3 is 2.82 bits per heavy atom. The van der Waals surface area contributed by atoms with Crippen molar-refractivity contribution in [2.45, 2.75) is 20.0 Å².